The Morgan fingerprint density at radius 1 is 1.14 bits per heavy atom. The highest BCUT2D eigenvalue weighted by atomic mass is 16.1. The Bertz CT molecular complexity index is 777. The van der Waals surface area contributed by atoms with E-state index >= 15 is 0 Å². The molecule has 0 spiro atoms. The van der Waals surface area contributed by atoms with Crippen molar-refractivity contribution in [3.63, 3.8) is 0 Å². The average Bonchev–Trinajstić information content (AvgIpc) is 2.94. The molecule has 106 valence electrons. The number of para-hydroxylation sites is 1. The number of nitrogens with one attached hydrogen (secondary N) is 2. The second-order valence-electron chi connectivity index (χ2n) is 5.10. The van der Waals surface area contributed by atoms with E-state index in [1.165, 1.54) is 0 Å². The summed E-state index contributed by atoms with van der Waals surface area (Å²) in [7, 11) is 0. The summed E-state index contributed by atoms with van der Waals surface area (Å²) in [5.41, 5.74) is 8.93. The van der Waals surface area contributed by atoms with Crippen LogP contribution in [0.2, 0.25) is 0 Å². The average molecular weight is 279 g/mol. The van der Waals surface area contributed by atoms with E-state index in [1.807, 2.05) is 61.5 Å². The second-order valence-corrected chi connectivity index (χ2v) is 5.10. The van der Waals surface area contributed by atoms with Crippen molar-refractivity contribution >= 4 is 22.5 Å². The monoisotopic (exact) mass is 279 g/mol. The van der Waals surface area contributed by atoms with Crippen molar-refractivity contribution in [1.29, 1.82) is 0 Å². The van der Waals surface area contributed by atoms with Crippen molar-refractivity contribution in [1.82, 2.24) is 10.3 Å². The fourth-order valence-corrected chi connectivity index (χ4v) is 2.40. The number of nitrogens with two attached hydrogens (primary N) is 1. The fraction of sp³-hybridized carbons (Fsp3) is 0.118. The first-order chi connectivity index (χ1) is 10.1. The summed E-state index contributed by atoms with van der Waals surface area (Å²) in [6.45, 7) is 1.96. The number of amides is 1. The van der Waals surface area contributed by atoms with Gasteiger partial charge < -0.3 is 16.0 Å². The third kappa shape index (κ3) is 2.60. The number of rotatable bonds is 3. The van der Waals surface area contributed by atoms with Gasteiger partial charge in [0.2, 0.25) is 0 Å². The van der Waals surface area contributed by atoms with Crippen molar-refractivity contribution in [3.8, 4) is 0 Å². The summed E-state index contributed by atoms with van der Waals surface area (Å²) in [6, 6.07) is 17.2. The highest BCUT2D eigenvalue weighted by molar-refractivity contribution is 6.00. The number of carbonyl (C=O) groups excluding carboxylic acids is 1. The van der Waals surface area contributed by atoms with Crippen molar-refractivity contribution in [2.45, 2.75) is 13.0 Å². The molecule has 1 aromatic heterocycles. The molecule has 3 rings (SSSR count). The second kappa shape index (κ2) is 5.32. The Hall–Kier alpha value is -2.75. The van der Waals surface area contributed by atoms with Crippen LogP contribution in [0.25, 0.3) is 10.9 Å². The van der Waals surface area contributed by atoms with Gasteiger partial charge in [0.25, 0.3) is 5.91 Å². The standard InChI is InChI=1S/C17H17N3O/c1-11(12-6-3-2-4-7-12)19-17(21)15-10-13-8-5-9-14(18)16(13)20-15/h2-11,20H,18H2,1H3,(H,19,21). The van der Waals surface area contributed by atoms with Crippen LogP contribution in [-0.2, 0) is 0 Å². The van der Waals surface area contributed by atoms with Gasteiger partial charge in [-0.2, -0.15) is 0 Å². The predicted molar refractivity (Wildman–Crippen MR) is 85.0 cm³/mol. The quantitative estimate of drug-likeness (QED) is 0.644. The van der Waals surface area contributed by atoms with Gasteiger partial charge in [0, 0.05) is 5.39 Å². The number of anilines is 1. The third-order valence-electron chi connectivity index (χ3n) is 3.58. The number of nitrogen functional groups attached to an aromatic ring is 1. The van der Waals surface area contributed by atoms with Crippen LogP contribution in [-0.4, -0.2) is 10.9 Å². The predicted octanol–water partition coefficient (Wildman–Crippen LogP) is 3.24. The Morgan fingerprint density at radius 3 is 2.62 bits per heavy atom. The third-order valence-corrected chi connectivity index (χ3v) is 3.58. The Labute approximate surface area is 123 Å². The smallest absolute Gasteiger partial charge is 0.268 e. The number of fused-ring (bicyclic) bond motifs is 1. The number of H-pyrrole nitrogens is 1. The molecule has 1 atom stereocenters. The normalized spacial score (nSPS) is 12.2. The maximum Gasteiger partial charge on any atom is 0.268 e. The van der Waals surface area contributed by atoms with E-state index in [0.717, 1.165) is 16.5 Å². The molecular weight excluding hydrogens is 262 g/mol. The van der Waals surface area contributed by atoms with Crippen LogP contribution in [0.4, 0.5) is 5.69 Å². The topological polar surface area (TPSA) is 70.9 Å². The van der Waals surface area contributed by atoms with Crippen molar-refractivity contribution in [3.05, 3.63) is 65.9 Å². The molecule has 0 aliphatic carbocycles. The number of carbonyl (C=O) groups is 1. The van der Waals surface area contributed by atoms with Gasteiger partial charge in [-0.3, -0.25) is 4.79 Å². The number of hydrogen-bond donors (Lipinski definition) is 3. The largest absolute Gasteiger partial charge is 0.397 e. The molecule has 1 unspecified atom stereocenters. The summed E-state index contributed by atoms with van der Waals surface area (Å²) in [5, 5.41) is 3.92. The van der Waals surface area contributed by atoms with E-state index in [4.69, 9.17) is 5.73 Å². The summed E-state index contributed by atoms with van der Waals surface area (Å²) >= 11 is 0. The molecule has 0 bridgehead atoms. The van der Waals surface area contributed by atoms with Crippen LogP contribution in [0, 0.1) is 0 Å². The minimum absolute atomic E-state index is 0.0533. The molecule has 4 heteroatoms. The molecule has 0 fully saturated rings. The Balaban J connectivity index is 1.82. The van der Waals surface area contributed by atoms with Gasteiger partial charge in [-0.05, 0) is 24.6 Å². The van der Waals surface area contributed by atoms with E-state index in [9.17, 15) is 4.79 Å². The summed E-state index contributed by atoms with van der Waals surface area (Å²) < 4.78 is 0. The molecule has 1 heterocycles. The first-order valence-electron chi connectivity index (χ1n) is 6.88. The fourth-order valence-electron chi connectivity index (χ4n) is 2.40. The number of benzene rings is 2. The maximum absolute atomic E-state index is 12.3. The van der Waals surface area contributed by atoms with Crippen molar-refractivity contribution in [2.75, 3.05) is 5.73 Å². The molecule has 3 aromatic rings. The van der Waals surface area contributed by atoms with E-state index in [-0.39, 0.29) is 11.9 Å². The van der Waals surface area contributed by atoms with Gasteiger partial charge >= 0.3 is 0 Å². The number of hydrogen-bond acceptors (Lipinski definition) is 2. The highest BCUT2D eigenvalue weighted by Gasteiger charge is 2.14. The van der Waals surface area contributed by atoms with E-state index in [2.05, 4.69) is 10.3 Å². The molecule has 0 radical (unpaired) electrons. The molecule has 1 amide bonds. The first-order valence-corrected chi connectivity index (χ1v) is 6.88. The van der Waals surface area contributed by atoms with Crippen LogP contribution in [0.5, 0.6) is 0 Å². The minimum Gasteiger partial charge on any atom is -0.397 e. The zero-order chi connectivity index (χ0) is 14.8. The lowest BCUT2D eigenvalue weighted by Crippen LogP contribution is -2.26. The minimum atomic E-state index is -0.137. The molecule has 4 N–H and O–H groups in total. The molecule has 0 aliphatic heterocycles. The van der Waals surface area contributed by atoms with E-state index < -0.39 is 0 Å². The maximum atomic E-state index is 12.3. The van der Waals surface area contributed by atoms with Gasteiger partial charge in [-0.25, -0.2) is 0 Å². The number of aromatic nitrogens is 1. The Morgan fingerprint density at radius 2 is 1.90 bits per heavy atom. The van der Waals surface area contributed by atoms with Crippen LogP contribution >= 0.6 is 0 Å². The molecule has 0 saturated heterocycles. The molecule has 0 aliphatic rings. The molecule has 0 saturated carbocycles. The lowest BCUT2D eigenvalue weighted by Gasteiger charge is -2.13. The number of aromatic amines is 1. The highest BCUT2D eigenvalue weighted by Crippen LogP contribution is 2.21. The lowest BCUT2D eigenvalue weighted by atomic mass is 10.1. The van der Waals surface area contributed by atoms with Gasteiger partial charge in [0.05, 0.1) is 17.2 Å². The zero-order valence-corrected chi connectivity index (χ0v) is 11.8. The van der Waals surface area contributed by atoms with Crippen molar-refractivity contribution < 1.29 is 4.79 Å². The van der Waals surface area contributed by atoms with Crippen LogP contribution in [0.1, 0.15) is 29.0 Å². The van der Waals surface area contributed by atoms with E-state index in [1.54, 1.807) is 0 Å². The van der Waals surface area contributed by atoms with Crippen LogP contribution in [0.3, 0.4) is 0 Å². The van der Waals surface area contributed by atoms with Crippen molar-refractivity contribution in [2.24, 2.45) is 0 Å². The SMILES string of the molecule is CC(NC(=O)c1cc2cccc(N)c2[nH]1)c1ccccc1. The molecule has 2 aromatic carbocycles. The van der Waals surface area contributed by atoms with Gasteiger partial charge in [-0.1, -0.05) is 42.5 Å². The zero-order valence-electron chi connectivity index (χ0n) is 11.8. The first kappa shape index (κ1) is 13.2. The van der Waals surface area contributed by atoms with Gasteiger partial charge in [0.15, 0.2) is 0 Å². The van der Waals surface area contributed by atoms with Gasteiger partial charge in [0.1, 0.15) is 5.69 Å². The van der Waals surface area contributed by atoms with Crippen LogP contribution < -0.4 is 11.1 Å². The molecule has 21 heavy (non-hydrogen) atoms. The molecule has 4 nitrogen and oxygen atoms in total. The summed E-state index contributed by atoms with van der Waals surface area (Å²) in [5.74, 6) is -0.137. The van der Waals surface area contributed by atoms with E-state index in [0.29, 0.717) is 11.4 Å². The Kier molecular flexibility index (Phi) is 3.36. The van der Waals surface area contributed by atoms with Crippen LogP contribution in [0.15, 0.2) is 54.6 Å². The molecular formula is C17H17N3O. The summed E-state index contributed by atoms with van der Waals surface area (Å²) in [6.07, 6.45) is 0. The summed E-state index contributed by atoms with van der Waals surface area (Å²) in [4.78, 5) is 15.4. The van der Waals surface area contributed by atoms with Gasteiger partial charge in [-0.15, -0.1) is 0 Å². The lowest BCUT2D eigenvalue weighted by molar-refractivity contribution is 0.0935.